The zero-order valence-corrected chi connectivity index (χ0v) is 18.8. The summed E-state index contributed by atoms with van der Waals surface area (Å²) in [6, 6.07) is 14.8. The Morgan fingerprint density at radius 2 is 1.44 bits per heavy atom. The molecule has 0 spiro atoms. The molecule has 168 valence electrons. The molecule has 2 aromatic carbocycles. The van der Waals surface area contributed by atoms with Crippen LogP contribution in [0.1, 0.15) is 22.8 Å². The van der Waals surface area contributed by atoms with Crippen molar-refractivity contribution in [1.29, 1.82) is 0 Å². The van der Waals surface area contributed by atoms with Crippen molar-refractivity contribution in [2.45, 2.75) is 6.10 Å². The lowest BCUT2D eigenvalue weighted by molar-refractivity contribution is 0.0467. The summed E-state index contributed by atoms with van der Waals surface area (Å²) in [5.41, 5.74) is 2.99. The molecule has 0 unspecified atom stereocenters. The van der Waals surface area contributed by atoms with Gasteiger partial charge < -0.3 is 4.74 Å². The van der Waals surface area contributed by atoms with E-state index >= 15 is 0 Å². The van der Waals surface area contributed by atoms with Gasteiger partial charge in [0.05, 0.1) is 6.61 Å². The van der Waals surface area contributed by atoms with Crippen molar-refractivity contribution in [2.24, 2.45) is 0 Å². The fraction of sp³-hybridized carbons (Fsp3) is 0.308. The number of rotatable bonds is 9. The van der Waals surface area contributed by atoms with Crippen LogP contribution >= 0.6 is 11.3 Å². The number of piperazine rings is 1. The lowest BCUT2D eigenvalue weighted by atomic mass is 10.0. The molecule has 0 amide bonds. The Morgan fingerprint density at radius 1 is 0.844 bits per heavy atom. The number of benzene rings is 2. The molecule has 0 N–H and O–H groups in total. The lowest BCUT2D eigenvalue weighted by Crippen LogP contribution is -2.47. The van der Waals surface area contributed by atoms with Crippen LogP contribution < -0.4 is 0 Å². The van der Waals surface area contributed by atoms with Gasteiger partial charge in [0, 0.05) is 39.3 Å². The van der Waals surface area contributed by atoms with E-state index in [1.54, 1.807) is 35.6 Å². The van der Waals surface area contributed by atoms with Gasteiger partial charge in [-0.05, 0) is 57.8 Å². The van der Waals surface area contributed by atoms with E-state index in [1.165, 1.54) is 29.8 Å². The SMILES string of the molecule is Fc1ccc(C(OCCN2CCN(C/C=C/c3ccsc3)CC2)c2ccc(F)cc2)cc1. The fourth-order valence-corrected chi connectivity index (χ4v) is 4.49. The minimum Gasteiger partial charge on any atom is -0.367 e. The highest BCUT2D eigenvalue weighted by molar-refractivity contribution is 7.08. The average Bonchev–Trinajstić information content (AvgIpc) is 3.33. The summed E-state index contributed by atoms with van der Waals surface area (Å²) in [5, 5.41) is 4.25. The predicted molar refractivity (Wildman–Crippen MR) is 127 cm³/mol. The maximum atomic E-state index is 13.4. The second kappa shape index (κ2) is 11.5. The second-order valence-electron chi connectivity index (χ2n) is 7.96. The number of halogens is 2. The van der Waals surface area contributed by atoms with Crippen LogP contribution in [0.2, 0.25) is 0 Å². The molecule has 1 fully saturated rings. The van der Waals surface area contributed by atoms with E-state index in [1.807, 2.05) is 0 Å². The van der Waals surface area contributed by atoms with Gasteiger partial charge >= 0.3 is 0 Å². The molecule has 0 bridgehead atoms. The number of hydrogen-bond donors (Lipinski definition) is 0. The van der Waals surface area contributed by atoms with Gasteiger partial charge in [-0.1, -0.05) is 36.4 Å². The Morgan fingerprint density at radius 3 is 2.00 bits per heavy atom. The molecular weight excluding hydrogens is 426 g/mol. The largest absolute Gasteiger partial charge is 0.367 e. The molecule has 4 rings (SSSR count). The van der Waals surface area contributed by atoms with Crippen molar-refractivity contribution in [1.82, 2.24) is 9.80 Å². The molecular formula is C26H28F2N2OS. The van der Waals surface area contributed by atoms with Crippen LogP contribution in [0, 0.1) is 11.6 Å². The number of ether oxygens (including phenoxy) is 1. The standard InChI is InChI=1S/C26H28F2N2OS/c27-24-7-3-22(4-8-24)26(23-5-9-25(28)10-6-23)31-18-17-30-15-13-29(14-16-30)12-1-2-21-11-19-32-20-21/h1-11,19-20,26H,12-18H2/b2-1+. The molecule has 1 aromatic heterocycles. The third-order valence-corrected chi connectivity index (χ3v) is 6.42. The molecule has 0 aliphatic carbocycles. The summed E-state index contributed by atoms with van der Waals surface area (Å²) in [6.07, 6.45) is 4.07. The topological polar surface area (TPSA) is 15.7 Å². The summed E-state index contributed by atoms with van der Waals surface area (Å²) < 4.78 is 33.0. The first kappa shape index (κ1) is 22.8. The number of hydrogen-bond acceptors (Lipinski definition) is 4. The van der Waals surface area contributed by atoms with Gasteiger partial charge in [0.2, 0.25) is 0 Å². The van der Waals surface area contributed by atoms with Gasteiger partial charge in [0.25, 0.3) is 0 Å². The van der Waals surface area contributed by atoms with Crippen LogP contribution in [0.15, 0.2) is 71.4 Å². The van der Waals surface area contributed by atoms with Crippen molar-refractivity contribution in [3.8, 4) is 0 Å². The molecule has 6 heteroatoms. The fourth-order valence-electron chi connectivity index (χ4n) is 3.86. The molecule has 32 heavy (non-hydrogen) atoms. The summed E-state index contributed by atoms with van der Waals surface area (Å²) in [4.78, 5) is 4.87. The Balaban J connectivity index is 1.26. The molecule has 1 saturated heterocycles. The van der Waals surface area contributed by atoms with E-state index in [4.69, 9.17) is 4.74 Å². The quantitative estimate of drug-likeness (QED) is 0.427. The Hall–Kier alpha value is -2.38. The minimum atomic E-state index is -0.347. The zero-order chi connectivity index (χ0) is 22.2. The van der Waals surface area contributed by atoms with E-state index in [9.17, 15) is 8.78 Å². The smallest absolute Gasteiger partial charge is 0.123 e. The third-order valence-electron chi connectivity index (χ3n) is 5.72. The van der Waals surface area contributed by atoms with Gasteiger partial charge in [-0.2, -0.15) is 11.3 Å². The molecule has 1 aliphatic rings. The summed E-state index contributed by atoms with van der Waals surface area (Å²) >= 11 is 1.72. The molecule has 3 aromatic rings. The minimum absolute atomic E-state index is 0.283. The van der Waals surface area contributed by atoms with Gasteiger partial charge in [0.15, 0.2) is 0 Å². The van der Waals surface area contributed by atoms with Crippen LogP contribution in [0.4, 0.5) is 8.78 Å². The van der Waals surface area contributed by atoms with Crippen molar-refractivity contribution in [3.63, 3.8) is 0 Å². The molecule has 0 atom stereocenters. The monoisotopic (exact) mass is 454 g/mol. The number of thiophene rings is 1. The third kappa shape index (κ3) is 6.56. The normalized spacial score (nSPS) is 15.7. The van der Waals surface area contributed by atoms with Gasteiger partial charge in [-0.25, -0.2) is 8.78 Å². The van der Waals surface area contributed by atoms with Crippen LogP contribution in [-0.4, -0.2) is 55.7 Å². The average molecular weight is 455 g/mol. The van der Waals surface area contributed by atoms with Crippen molar-refractivity contribution < 1.29 is 13.5 Å². The van der Waals surface area contributed by atoms with Crippen molar-refractivity contribution in [3.05, 3.63) is 99.8 Å². The number of nitrogens with zero attached hydrogens (tertiary/aromatic N) is 2. The van der Waals surface area contributed by atoms with Gasteiger partial charge in [-0.15, -0.1) is 0 Å². The summed E-state index contributed by atoms with van der Waals surface area (Å²) in [5.74, 6) is -0.565. The van der Waals surface area contributed by atoms with Crippen molar-refractivity contribution in [2.75, 3.05) is 45.9 Å². The van der Waals surface area contributed by atoms with E-state index < -0.39 is 0 Å². The lowest BCUT2D eigenvalue weighted by Gasteiger charge is -2.34. The predicted octanol–water partition coefficient (Wildman–Crippen LogP) is 5.46. The zero-order valence-electron chi connectivity index (χ0n) is 18.0. The Labute approximate surface area is 192 Å². The first-order valence-electron chi connectivity index (χ1n) is 10.9. The van der Waals surface area contributed by atoms with Gasteiger partial charge in [-0.3, -0.25) is 9.80 Å². The van der Waals surface area contributed by atoms with Crippen LogP contribution in [0.3, 0.4) is 0 Å². The summed E-state index contributed by atoms with van der Waals surface area (Å²) in [6.45, 7) is 6.44. The molecule has 2 heterocycles. The van der Waals surface area contributed by atoms with E-state index in [-0.39, 0.29) is 17.7 Å². The summed E-state index contributed by atoms with van der Waals surface area (Å²) in [7, 11) is 0. The van der Waals surface area contributed by atoms with Gasteiger partial charge in [0.1, 0.15) is 17.7 Å². The van der Waals surface area contributed by atoms with E-state index in [0.29, 0.717) is 6.61 Å². The van der Waals surface area contributed by atoms with E-state index in [0.717, 1.165) is 50.4 Å². The van der Waals surface area contributed by atoms with Crippen molar-refractivity contribution >= 4 is 17.4 Å². The molecule has 1 aliphatic heterocycles. The highest BCUT2D eigenvalue weighted by atomic mass is 32.1. The Bertz CT molecular complexity index is 921. The molecule has 0 saturated carbocycles. The maximum Gasteiger partial charge on any atom is 0.123 e. The Kier molecular flexibility index (Phi) is 8.18. The van der Waals surface area contributed by atoms with Crippen LogP contribution in [0.5, 0.6) is 0 Å². The van der Waals surface area contributed by atoms with Crippen LogP contribution in [0.25, 0.3) is 6.08 Å². The van der Waals surface area contributed by atoms with Crippen LogP contribution in [-0.2, 0) is 4.74 Å². The first-order chi connectivity index (χ1) is 15.7. The molecule has 0 radical (unpaired) electrons. The first-order valence-corrected chi connectivity index (χ1v) is 11.9. The highest BCUT2D eigenvalue weighted by Gasteiger charge is 2.18. The van der Waals surface area contributed by atoms with E-state index in [2.05, 4.69) is 38.8 Å². The second-order valence-corrected chi connectivity index (χ2v) is 8.74. The highest BCUT2D eigenvalue weighted by Crippen LogP contribution is 2.26. The maximum absolute atomic E-state index is 13.4. The molecule has 3 nitrogen and oxygen atoms in total.